The fourth-order valence-corrected chi connectivity index (χ4v) is 2.68. The summed E-state index contributed by atoms with van der Waals surface area (Å²) in [7, 11) is 0. The van der Waals surface area contributed by atoms with E-state index in [1.807, 2.05) is 13.8 Å². The molecule has 1 aliphatic heterocycles. The molecule has 10 heteroatoms. The molecule has 1 aromatic rings. The van der Waals surface area contributed by atoms with Gasteiger partial charge in [-0.2, -0.15) is 0 Å². The molecule has 0 aromatic heterocycles. The summed E-state index contributed by atoms with van der Waals surface area (Å²) < 4.78 is 15.6. The summed E-state index contributed by atoms with van der Waals surface area (Å²) in [5.74, 6) is -2.26. The number of aliphatic hydroxyl groups is 6. The predicted molar refractivity (Wildman–Crippen MR) is 96.4 cm³/mol. The zero-order valence-electron chi connectivity index (χ0n) is 15.8. The lowest BCUT2D eigenvalue weighted by molar-refractivity contribution is -0.422. The molecule has 2 rings (SSSR count). The monoisotopic (exact) mass is 403 g/mol. The van der Waals surface area contributed by atoms with Crippen LogP contribution in [0.3, 0.4) is 0 Å². The van der Waals surface area contributed by atoms with E-state index in [2.05, 4.69) is 5.32 Å². The van der Waals surface area contributed by atoms with Gasteiger partial charge in [-0.1, -0.05) is 13.8 Å². The highest BCUT2D eigenvalue weighted by molar-refractivity contribution is 5.31. The molecule has 1 aromatic carbocycles. The van der Waals surface area contributed by atoms with Gasteiger partial charge in [-0.25, -0.2) is 0 Å². The Morgan fingerprint density at radius 1 is 1.11 bits per heavy atom. The second kappa shape index (κ2) is 9.81. The Morgan fingerprint density at radius 2 is 1.71 bits per heavy atom. The fourth-order valence-electron chi connectivity index (χ4n) is 2.68. The Kier molecular flexibility index (Phi) is 7.98. The van der Waals surface area contributed by atoms with Gasteiger partial charge in [0.15, 0.2) is 12.4 Å². The van der Waals surface area contributed by atoms with Crippen molar-refractivity contribution < 1.29 is 44.8 Å². The standard InChI is InChI=1S/C18H29NO9/c1-10(2)19-8-7-14(21)26-11-3-5-12(6-4-11)27-18(25)17(24)16(23)15(22)13(9-20)28-18/h3-6,10,13-17,19-25H,7-9H2,1-2H3/t13-,14?,15-,16+,17-,18-/m1/s1. The van der Waals surface area contributed by atoms with E-state index in [-0.39, 0.29) is 5.75 Å². The average Bonchev–Trinajstić information content (AvgIpc) is 2.64. The Hall–Kier alpha value is -1.50. The number of nitrogens with one attached hydrogen (secondary N) is 1. The van der Waals surface area contributed by atoms with Crippen molar-refractivity contribution in [3.8, 4) is 11.5 Å². The lowest BCUT2D eigenvalue weighted by atomic mass is 9.98. The van der Waals surface area contributed by atoms with Gasteiger partial charge in [0.2, 0.25) is 0 Å². The number of rotatable bonds is 9. The van der Waals surface area contributed by atoms with Crippen molar-refractivity contribution in [1.82, 2.24) is 5.32 Å². The number of hydrogen-bond donors (Lipinski definition) is 7. The summed E-state index contributed by atoms with van der Waals surface area (Å²) in [6.07, 6.45) is -7.32. The van der Waals surface area contributed by atoms with Gasteiger partial charge in [0.25, 0.3) is 0 Å². The van der Waals surface area contributed by atoms with Crippen LogP contribution in [0.4, 0.5) is 0 Å². The molecule has 1 heterocycles. The SMILES string of the molecule is CC(C)NCCC(O)Oc1ccc(O[C@@]2(O)O[C@H](CO)[C@@H](O)[C@H](O)[C@H]2O)cc1. The second-order valence-electron chi connectivity index (χ2n) is 6.94. The molecule has 0 amide bonds. The molecular weight excluding hydrogens is 374 g/mol. The Morgan fingerprint density at radius 3 is 2.29 bits per heavy atom. The highest BCUT2D eigenvalue weighted by atomic mass is 16.8. The quantitative estimate of drug-likeness (QED) is 0.236. The van der Waals surface area contributed by atoms with Gasteiger partial charge in [-0.15, -0.1) is 0 Å². The Labute approximate surface area is 162 Å². The van der Waals surface area contributed by atoms with E-state index in [1.54, 1.807) is 0 Å². The second-order valence-corrected chi connectivity index (χ2v) is 6.94. The van der Waals surface area contributed by atoms with E-state index < -0.39 is 43.3 Å². The van der Waals surface area contributed by atoms with Gasteiger partial charge in [0.05, 0.1) is 6.61 Å². The number of aliphatic hydroxyl groups excluding tert-OH is 5. The van der Waals surface area contributed by atoms with Crippen molar-refractivity contribution in [2.24, 2.45) is 0 Å². The van der Waals surface area contributed by atoms with Crippen molar-refractivity contribution in [2.75, 3.05) is 13.2 Å². The van der Waals surface area contributed by atoms with Crippen LogP contribution < -0.4 is 14.8 Å². The lowest BCUT2D eigenvalue weighted by Gasteiger charge is -2.44. The normalized spacial score (nSPS) is 31.6. The minimum absolute atomic E-state index is 0.0603. The van der Waals surface area contributed by atoms with Gasteiger partial charge in [-0.3, -0.25) is 0 Å². The van der Waals surface area contributed by atoms with Crippen LogP contribution in [0.25, 0.3) is 0 Å². The molecule has 6 atom stereocenters. The molecule has 1 aliphatic rings. The molecule has 7 N–H and O–H groups in total. The van der Waals surface area contributed by atoms with Crippen LogP contribution in [-0.4, -0.2) is 86.5 Å². The van der Waals surface area contributed by atoms with Gasteiger partial charge >= 0.3 is 5.97 Å². The summed E-state index contributed by atoms with van der Waals surface area (Å²) in [5, 5.41) is 62.1. The molecular formula is C18H29NO9. The maximum Gasteiger partial charge on any atom is 0.355 e. The molecule has 10 nitrogen and oxygen atoms in total. The zero-order valence-corrected chi connectivity index (χ0v) is 15.8. The zero-order chi connectivity index (χ0) is 20.9. The van der Waals surface area contributed by atoms with E-state index in [1.165, 1.54) is 24.3 Å². The number of ether oxygens (including phenoxy) is 3. The first-order valence-electron chi connectivity index (χ1n) is 9.08. The maximum absolute atomic E-state index is 10.4. The van der Waals surface area contributed by atoms with E-state index in [0.29, 0.717) is 24.8 Å². The highest BCUT2D eigenvalue weighted by Crippen LogP contribution is 2.31. The highest BCUT2D eigenvalue weighted by Gasteiger charge is 2.55. The summed E-state index contributed by atoms with van der Waals surface area (Å²) in [6.45, 7) is 3.88. The molecule has 0 aliphatic carbocycles. The molecule has 0 spiro atoms. The van der Waals surface area contributed by atoms with E-state index in [4.69, 9.17) is 14.2 Å². The molecule has 0 bridgehead atoms. The first-order chi connectivity index (χ1) is 13.2. The molecule has 1 unspecified atom stereocenters. The van der Waals surface area contributed by atoms with Gasteiger partial charge in [-0.05, 0) is 24.3 Å². The topological polar surface area (TPSA) is 161 Å². The largest absolute Gasteiger partial charge is 0.465 e. The summed E-state index contributed by atoms with van der Waals surface area (Å²) in [6, 6.07) is 6.04. The Balaban J connectivity index is 1.95. The Bertz CT molecular complexity index is 597. The van der Waals surface area contributed by atoms with Gasteiger partial charge < -0.3 is 50.2 Å². The van der Waals surface area contributed by atoms with Crippen LogP contribution in [0.1, 0.15) is 20.3 Å². The third-order valence-corrected chi connectivity index (χ3v) is 4.23. The number of hydrogen-bond acceptors (Lipinski definition) is 10. The number of benzene rings is 1. The van der Waals surface area contributed by atoms with Crippen LogP contribution in [0.2, 0.25) is 0 Å². The molecule has 160 valence electrons. The third kappa shape index (κ3) is 5.75. The third-order valence-electron chi connectivity index (χ3n) is 4.23. The predicted octanol–water partition coefficient (Wildman–Crippen LogP) is -1.73. The van der Waals surface area contributed by atoms with Crippen LogP contribution in [0.5, 0.6) is 11.5 Å². The summed E-state index contributed by atoms with van der Waals surface area (Å²) >= 11 is 0. The van der Waals surface area contributed by atoms with Crippen molar-refractivity contribution in [3.05, 3.63) is 24.3 Å². The minimum Gasteiger partial charge on any atom is -0.465 e. The minimum atomic E-state index is -2.67. The van der Waals surface area contributed by atoms with E-state index >= 15 is 0 Å². The lowest BCUT2D eigenvalue weighted by Crippen LogP contribution is -2.67. The van der Waals surface area contributed by atoms with Crippen molar-refractivity contribution in [1.29, 1.82) is 0 Å². The van der Waals surface area contributed by atoms with Crippen LogP contribution >= 0.6 is 0 Å². The van der Waals surface area contributed by atoms with E-state index in [9.17, 15) is 30.6 Å². The first kappa shape index (κ1) is 22.8. The van der Waals surface area contributed by atoms with Crippen molar-refractivity contribution in [3.63, 3.8) is 0 Å². The van der Waals surface area contributed by atoms with Crippen LogP contribution in [0, 0.1) is 0 Å². The fraction of sp³-hybridized carbons (Fsp3) is 0.667. The average molecular weight is 403 g/mol. The van der Waals surface area contributed by atoms with Crippen LogP contribution in [0.15, 0.2) is 24.3 Å². The van der Waals surface area contributed by atoms with Crippen molar-refractivity contribution in [2.45, 2.75) is 63.0 Å². The van der Waals surface area contributed by atoms with E-state index in [0.717, 1.165) is 0 Å². The van der Waals surface area contributed by atoms with Gasteiger partial charge in [0.1, 0.15) is 29.8 Å². The smallest absolute Gasteiger partial charge is 0.355 e. The maximum atomic E-state index is 10.4. The summed E-state index contributed by atoms with van der Waals surface area (Å²) in [5.41, 5.74) is 0. The molecule has 1 fully saturated rings. The van der Waals surface area contributed by atoms with Crippen molar-refractivity contribution >= 4 is 0 Å². The molecule has 0 saturated carbocycles. The summed E-state index contributed by atoms with van der Waals surface area (Å²) in [4.78, 5) is 0. The molecule has 28 heavy (non-hydrogen) atoms. The van der Waals surface area contributed by atoms with Gasteiger partial charge in [0, 0.05) is 19.0 Å². The first-order valence-corrected chi connectivity index (χ1v) is 9.08. The molecule has 1 saturated heterocycles. The molecule has 0 radical (unpaired) electrons. The van der Waals surface area contributed by atoms with Crippen LogP contribution in [-0.2, 0) is 4.74 Å².